The first kappa shape index (κ1) is 15.2. The summed E-state index contributed by atoms with van der Waals surface area (Å²) in [4.78, 5) is 23.6. The summed E-state index contributed by atoms with van der Waals surface area (Å²) in [5, 5.41) is 2.85. The van der Waals surface area contributed by atoms with Crippen molar-refractivity contribution in [3.8, 4) is 28.3 Å². The molecule has 4 rings (SSSR count). The number of hydrogen-bond acceptors (Lipinski definition) is 5. The van der Waals surface area contributed by atoms with E-state index in [1.807, 2.05) is 37.3 Å². The number of amides is 1. The van der Waals surface area contributed by atoms with Crippen molar-refractivity contribution < 1.29 is 9.53 Å². The quantitative estimate of drug-likeness (QED) is 0.668. The van der Waals surface area contributed by atoms with Gasteiger partial charge in [-0.2, -0.15) is 0 Å². The molecule has 1 aliphatic rings. The molecule has 1 unspecified atom stereocenters. The highest BCUT2D eigenvalue weighted by Crippen LogP contribution is 2.37. The molecule has 1 aromatic carbocycles. The first-order chi connectivity index (χ1) is 12.0. The lowest BCUT2D eigenvalue weighted by molar-refractivity contribution is -0.122. The number of anilines is 2. The third-order valence-electron chi connectivity index (χ3n) is 4.09. The minimum atomic E-state index is -0.505. The van der Waals surface area contributed by atoms with Gasteiger partial charge < -0.3 is 20.8 Å². The molecule has 25 heavy (non-hydrogen) atoms. The Morgan fingerprint density at radius 3 is 2.84 bits per heavy atom. The SMILES string of the molecule is Cc1cc(-c2[nH]c(N)nc2-c2ccc3c(c2)NC(=O)C(C)O3)ccn1. The van der Waals surface area contributed by atoms with E-state index in [1.54, 1.807) is 13.1 Å². The number of imidazole rings is 1. The lowest BCUT2D eigenvalue weighted by atomic mass is 10.0. The number of aryl methyl sites for hydroxylation is 1. The summed E-state index contributed by atoms with van der Waals surface area (Å²) in [5.41, 5.74) is 10.7. The lowest BCUT2D eigenvalue weighted by Gasteiger charge is -2.23. The van der Waals surface area contributed by atoms with E-state index in [0.29, 0.717) is 23.1 Å². The molecule has 0 bridgehead atoms. The van der Waals surface area contributed by atoms with Gasteiger partial charge in [0.2, 0.25) is 0 Å². The Morgan fingerprint density at radius 1 is 1.20 bits per heavy atom. The molecule has 2 aromatic heterocycles. The van der Waals surface area contributed by atoms with E-state index in [1.165, 1.54) is 0 Å². The van der Waals surface area contributed by atoms with Crippen LogP contribution >= 0.6 is 0 Å². The summed E-state index contributed by atoms with van der Waals surface area (Å²) in [7, 11) is 0. The van der Waals surface area contributed by atoms with Gasteiger partial charge in [-0.3, -0.25) is 9.78 Å². The smallest absolute Gasteiger partial charge is 0.265 e. The van der Waals surface area contributed by atoms with Crippen LogP contribution in [-0.4, -0.2) is 27.0 Å². The van der Waals surface area contributed by atoms with Crippen LogP contribution in [0.1, 0.15) is 12.6 Å². The number of ether oxygens (including phenoxy) is 1. The number of carbonyl (C=O) groups excluding carboxylic acids is 1. The van der Waals surface area contributed by atoms with Gasteiger partial charge in [-0.05, 0) is 44.2 Å². The highest BCUT2D eigenvalue weighted by Gasteiger charge is 2.24. The molecule has 4 N–H and O–H groups in total. The van der Waals surface area contributed by atoms with E-state index in [0.717, 1.165) is 22.5 Å². The molecule has 0 radical (unpaired) electrons. The second kappa shape index (κ2) is 5.62. The summed E-state index contributed by atoms with van der Waals surface area (Å²) >= 11 is 0. The van der Waals surface area contributed by atoms with E-state index in [9.17, 15) is 4.79 Å². The predicted molar refractivity (Wildman–Crippen MR) is 95.1 cm³/mol. The maximum atomic E-state index is 11.8. The summed E-state index contributed by atoms with van der Waals surface area (Å²) in [6.45, 7) is 3.64. The van der Waals surface area contributed by atoms with Crippen molar-refractivity contribution in [3.63, 3.8) is 0 Å². The molecule has 1 amide bonds. The summed E-state index contributed by atoms with van der Waals surface area (Å²) < 4.78 is 5.60. The van der Waals surface area contributed by atoms with E-state index < -0.39 is 6.10 Å². The lowest BCUT2D eigenvalue weighted by Crippen LogP contribution is -2.34. The third kappa shape index (κ3) is 2.69. The number of pyridine rings is 1. The van der Waals surface area contributed by atoms with Crippen LogP contribution in [-0.2, 0) is 4.79 Å². The average molecular weight is 335 g/mol. The fraction of sp³-hybridized carbons (Fsp3) is 0.167. The zero-order valence-corrected chi connectivity index (χ0v) is 13.8. The number of nitrogens with one attached hydrogen (secondary N) is 2. The summed E-state index contributed by atoms with van der Waals surface area (Å²) in [6.07, 6.45) is 1.24. The van der Waals surface area contributed by atoms with Gasteiger partial charge in [-0.1, -0.05) is 0 Å². The summed E-state index contributed by atoms with van der Waals surface area (Å²) in [6, 6.07) is 9.42. The number of nitrogens with zero attached hydrogens (tertiary/aromatic N) is 2. The van der Waals surface area contributed by atoms with Gasteiger partial charge in [0.1, 0.15) is 5.75 Å². The Labute approximate surface area is 144 Å². The van der Waals surface area contributed by atoms with E-state index in [-0.39, 0.29) is 5.91 Å². The first-order valence-electron chi connectivity index (χ1n) is 7.92. The van der Waals surface area contributed by atoms with Crippen molar-refractivity contribution in [1.82, 2.24) is 15.0 Å². The second-order valence-electron chi connectivity index (χ2n) is 5.99. The topological polar surface area (TPSA) is 106 Å². The molecular formula is C18H17N5O2. The largest absolute Gasteiger partial charge is 0.479 e. The number of H-pyrrole nitrogens is 1. The number of carbonyl (C=O) groups is 1. The number of hydrogen-bond donors (Lipinski definition) is 3. The summed E-state index contributed by atoms with van der Waals surface area (Å²) in [5.74, 6) is 0.794. The first-order valence-corrected chi connectivity index (χ1v) is 7.92. The van der Waals surface area contributed by atoms with Gasteiger partial charge in [0.25, 0.3) is 5.91 Å². The normalized spacial score (nSPS) is 16.1. The van der Waals surface area contributed by atoms with Gasteiger partial charge in [0.15, 0.2) is 12.1 Å². The van der Waals surface area contributed by atoms with Crippen LogP contribution in [0, 0.1) is 6.92 Å². The highest BCUT2D eigenvalue weighted by molar-refractivity contribution is 5.98. The molecule has 1 aliphatic heterocycles. The molecule has 0 spiro atoms. The minimum Gasteiger partial charge on any atom is -0.479 e. The minimum absolute atomic E-state index is 0.170. The Bertz CT molecular complexity index is 979. The number of fused-ring (bicyclic) bond motifs is 1. The van der Waals surface area contributed by atoms with Crippen LogP contribution in [0.5, 0.6) is 5.75 Å². The van der Waals surface area contributed by atoms with E-state index in [2.05, 4.69) is 20.3 Å². The number of nitrogen functional groups attached to an aromatic ring is 1. The third-order valence-corrected chi connectivity index (χ3v) is 4.09. The van der Waals surface area contributed by atoms with E-state index in [4.69, 9.17) is 10.5 Å². The van der Waals surface area contributed by atoms with Gasteiger partial charge in [-0.15, -0.1) is 0 Å². The standard InChI is InChI=1S/C18H17N5O2/c1-9-7-12(5-6-20-9)16-15(22-18(19)23-16)11-3-4-14-13(8-11)21-17(24)10(2)25-14/h3-8,10H,1-2H3,(H,21,24)(H3,19,22,23). The van der Waals surface area contributed by atoms with Crippen LogP contribution in [0.2, 0.25) is 0 Å². The fourth-order valence-electron chi connectivity index (χ4n) is 2.87. The van der Waals surface area contributed by atoms with Crippen LogP contribution < -0.4 is 15.8 Å². The maximum Gasteiger partial charge on any atom is 0.265 e. The Balaban J connectivity index is 1.81. The number of benzene rings is 1. The molecule has 0 aliphatic carbocycles. The van der Waals surface area contributed by atoms with E-state index >= 15 is 0 Å². The number of nitrogens with two attached hydrogens (primary N) is 1. The number of rotatable bonds is 2. The highest BCUT2D eigenvalue weighted by atomic mass is 16.5. The van der Waals surface area contributed by atoms with Crippen molar-refractivity contribution in [3.05, 3.63) is 42.2 Å². The fourth-order valence-corrected chi connectivity index (χ4v) is 2.87. The van der Waals surface area contributed by atoms with Crippen LogP contribution in [0.25, 0.3) is 22.5 Å². The van der Waals surface area contributed by atoms with Crippen LogP contribution in [0.15, 0.2) is 36.5 Å². The Kier molecular flexibility index (Phi) is 3.42. The number of aromatic nitrogens is 3. The molecular weight excluding hydrogens is 318 g/mol. The predicted octanol–water partition coefficient (Wildman–Crippen LogP) is 2.75. The van der Waals surface area contributed by atoms with Crippen molar-refractivity contribution in [2.75, 3.05) is 11.1 Å². The molecule has 0 saturated heterocycles. The zero-order chi connectivity index (χ0) is 17.6. The molecule has 7 nitrogen and oxygen atoms in total. The zero-order valence-electron chi connectivity index (χ0n) is 13.8. The van der Waals surface area contributed by atoms with Crippen molar-refractivity contribution >= 4 is 17.5 Å². The van der Waals surface area contributed by atoms with Gasteiger partial charge in [-0.25, -0.2) is 4.98 Å². The molecule has 0 fully saturated rings. The van der Waals surface area contributed by atoms with Crippen molar-refractivity contribution in [2.24, 2.45) is 0 Å². The van der Waals surface area contributed by atoms with Crippen molar-refractivity contribution in [1.29, 1.82) is 0 Å². The molecule has 0 saturated carbocycles. The van der Waals surface area contributed by atoms with Crippen molar-refractivity contribution in [2.45, 2.75) is 20.0 Å². The second-order valence-corrected chi connectivity index (χ2v) is 5.99. The average Bonchev–Trinajstić information content (AvgIpc) is 2.97. The maximum absolute atomic E-state index is 11.8. The molecule has 7 heteroatoms. The van der Waals surface area contributed by atoms with Gasteiger partial charge >= 0.3 is 0 Å². The molecule has 126 valence electrons. The van der Waals surface area contributed by atoms with Crippen LogP contribution in [0.3, 0.4) is 0 Å². The molecule has 1 atom stereocenters. The Morgan fingerprint density at radius 2 is 2.04 bits per heavy atom. The monoisotopic (exact) mass is 335 g/mol. The van der Waals surface area contributed by atoms with Crippen LogP contribution in [0.4, 0.5) is 11.6 Å². The van der Waals surface area contributed by atoms with Gasteiger partial charge in [0, 0.05) is 23.0 Å². The van der Waals surface area contributed by atoms with Gasteiger partial charge in [0.05, 0.1) is 17.1 Å². The number of aromatic amines is 1. The Hall–Kier alpha value is -3.35. The molecule has 3 aromatic rings. The molecule has 3 heterocycles.